The molecule has 1 aromatic carbocycles. The Kier molecular flexibility index (Phi) is 4.35. The van der Waals surface area contributed by atoms with Gasteiger partial charge in [-0.15, -0.1) is 0 Å². The Morgan fingerprint density at radius 1 is 1.05 bits per heavy atom. The summed E-state index contributed by atoms with van der Waals surface area (Å²) in [4.78, 5) is 16.5. The number of Topliss-reactive ketones (excluding diaryl/α,β-unsaturated/α-hetero) is 1. The molecule has 0 saturated carbocycles. The van der Waals surface area contributed by atoms with Gasteiger partial charge in [-0.3, -0.25) is 9.78 Å². The van der Waals surface area contributed by atoms with Gasteiger partial charge in [0.15, 0.2) is 17.3 Å². The van der Waals surface area contributed by atoms with E-state index in [1.807, 2.05) is 19.1 Å². The van der Waals surface area contributed by atoms with Crippen molar-refractivity contribution >= 4 is 5.78 Å². The summed E-state index contributed by atoms with van der Waals surface area (Å²) in [6.45, 7) is 1.88. The van der Waals surface area contributed by atoms with Crippen LogP contribution in [-0.2, 0) is 0 Å². The highest BCUT2D eigenvalue weighted by molar-refractivity contribution is 6.01. The molecule has 0 spiro atoms. The number of methoxy groups -OCH3 is 2. The highest BCUT2D eigenvalue weighted by atomic mass is 16.5. The van der Waals surface area contributed by atoms with E-state index in [4.69, 9.17) is 9.47 Å². The van der Waals surface area contributed by atoms with Gasteiger partial charge < -0.3 is 9.47 Å². The lowest BCUT2D eigenvalue weighted by Gasteiger charge is -2.13. The monoisotopic (exact) mass is 271 g/mol. The van der Waals surface area contributed by atoms with Crippen molar-refractivity contribution in [3.8, 4) is 11.5 Å². The predicted molar refractivity (Wildman–Crippen MR) is 76.5 cm³/mol. The maximum atomic E-state index is 12.5. The smallest absolute Gasteiger partial charge is 0.170 e. The molecule has 4 heteroatoms. The molecule has 2 rings (SSSR count). The minimum absolute atomic E-state index is 0.0390. The number of aromatic nitrogens is 1. The average molecular weight is 271 g/mol. The van der Waals surface area contributed by atoms with Crippen molar-refractivity contribution in [3.63, 3.8) is 0 Å². The van der Waals surface area contributed by atoms with Gasteiger partial charge in [-0.05, 0) is 35.9 Å². The van der Waals surface area contributed by atoms with Crippen LogP contribution in [0.5, 0.6) is 11.5 Å². The fourth-order valence-corrected chi connectivity index (χ4v) is 2.04. The largest absolute Gasteiger partial charge is 0.493 e. The average Bonchev–Trinajstić information content (AvgIpc) is 2.53. The van der Waals surface area contributed by atoms with E-state index in [1.54, 1.807) is 44.8 Å². The number of carbonyl (C=O) groups is 1. The van der Waals surface area contributed by atoms with E-state index in [1.165, 1.54) is 0 Å². The molecule has 4 nitrogen and oxygen atoms in total. The van der Waals surface area contributed by atoms with Crippen LogP contribution >= 0.6 is 0 Å². The molecule has 0 aliphatic rings. The van der Waals surface area contributed by atoms with Crippen molar-refractivity contribution in [2.45, 2.75) is 12.8 Å². The van der Waals surface area contributed by atoms with Crippen molar-refractivity contribution in [2.75, 3.05) is 14.2 Å². The number of ether oxygens (including phenoxy) is 2. The lowest BCUT2D eigenvalue weighted by atomic mass is 9.93. The molecule has 2 aromatic rings. The third-order valence-corrected chi connectivity index (χ3v) is 3.27. The second-order valence-corrected chi connectivity index (χ2v) is 4.44. The highest BCUT2D eigenvalue weighted by Crippen LogP contribution is 2.29. The normalized spacial score (nSPS) is 11.8. The van der Waals surface area contributed by atoms with E-state index in [9.17, 15) is 4.79 Å². The zero-order valence-corrected chi connectivity index (χ0v) is 11.8. The molecular weight excluding hydrogens is 254 g/mol. The van der Waals surface area contributed by atoms with Crippen molar-refractivity contribution in [1.29, 1.82) is 0 Å². The maximum absolute atomic E-state index is 12.5. The van der Waals surface area contributed by atoms with E-state index in [2.05, 4.69) is 4.98 Å². The summed E-state index contributed by atoms with van der Waals surface area (Å²) in [6.07, 6.45) is 3.38. The fourth-order valence-electron chi connectivity index (χ4n) is 2.04. The summed E-state index contributed by atoms with van der Waals surface area (Å²) in [5.74, 6) is 0.981. The number of pyridine rings is 1. The number of hydrogen-bond donors (Lipinski definition) is 0. The number of benzene rings is 1. The second-order valence-electron chi connectivity index (χ2n) is 4.44. The number of carbonyl (C=O) groups excluding carboxylic acids is 1. The SMILES string of the molecule is COc1ccc(C(=O)C(C)c2ccncc2)cc1OC. The second kappa shape index (κ2) is 6.19. The molecular formula is C16H17NO3. The summed E-state index contributed by atoms with van der Waals surface area (Å²) < 4.78 is 10.4. The van der Waals surface area contributed by atoms with Gasteiger partial charge in [0.05, 0.1) is 14.2 Å². The summed E-state index contributed by atoms with van der Waals surface area (Å²) >= 11 is 0. The Bertz CT molecular complexity index is 596. The molecule has 0 aliphatic carbocycles. The van der Waals surface area contributed by atoms with Gasteiger partial charge in [-0.1, -0.05) is 6.92 Å². The van der Waals surface area contributed by atoms with Crippen LogP contribution in [-0.4, -0.2) is 25.0 Å². The van der Waals surface area contributed by atoms with Gasteiger partial charge in [0.25, 0.3) is 0 Å². The number of hydrogen-bond acceptors (Lipinski definition) is 4. The van der Waals surface area contributed by atoms with E-state index >= 15 is 0 Å². The molecule has 0 amide bonds. The number of ketones is 1. The van der Waals surface area contributed by atoms with Crippen LogP contribution in [0.1, 0.15) is 28.8 Å². The van der Waals surface area contributed by atoms with Crippen LogP contribution in [0.2, 0.25) is 0 Å². The highest BCUT2D eigenvalue weighted by Gasteiger charge is 2.18. The summed E-state index contributed by atoms with van der Waals surface area (Å²) in [5.41, 5.74) is 1.55. The molecule has 1 atom stereocenters. The van der Waals surface area contributed by atoms with E-state index in [0.29, 0.717) is 17.1 Å². The summed E-state index contributed by atoms with van der Waals surface area (Å²) in [5, 5.41) is 0. The zero-order valence-electron chi connectivity index (χ0n) is 11.8. The lowest BCUT2D eigenvalue weighted by Crippen LogP contribution is -2.10. The molecule has 0 radical (unpaired) electrons. The van der Waals surface area contributed by atoms with Gasteiger partial charge in [-0.25, -0.2) is 0 Å². The first-order valence-electron chi connectivity index (χ1n) is 6.33. The van der Waals surface area contributed by atoms with Crippen LogP contribution in [0.25, 0.3) is 0 Å². The lowest BCUT2D eigenvalue weighted by molar-refractivity contribution is 0.0965. The standard InChI is InChI=1S/C16H17NO3/c1-11(12-6-8-17-9-7-12)16(18)13-4-5-14(19-2)15(10-13)20-3/h4-11H,1-3H3. The van der Waals surface area contributed by atoms with Crippen LogP contribution in [0.15, 0.2) is 42.7 Å². The van der Waals surface area contributed by atoms with Gasteiger partial charge in [-0.2, -0.15) is 0 Å². The van der Waals surface area contributed by atoms with E-state index < -0.39 is 0 Å². The van der Waals surface area contributed by atoms with E-state index in [-0.39, 0.29) is 11.7 Å². The minimum Gasteiger partial charge on any atom is -0.493 e. The molecule has 1 unspecified atom stereocenters. The molecule has 0 aliphatic heterocycles. The third kappa shape index (κ3) is 2.79. The number of nitrogens with zero attached hydrogens (tertiary/aromatic N) is 1. The van der Waals surface area contributed by atoms with Crippen LogP contribution in [0.4, 0.5) is 0 Å². The van der Waals surface area contributed by atoms with Crippen molar-refractivity contribution in [1.82, 2.24) is 4.98 Å². The first kappa shape index (κ1) is 14.1. The molecule has 104 valence electrons. The van der Waals surface area contributed by atoms with E-state index in [0.717, 1.165) is 5.56 Å². The van der Waals surface area contributed by atoms with Crippen LogP contribution in [0, 0.1) is 0 Å². The number of rotatable bonds is 5. The van der Waals surface area contributed by atoms with Gasteiger partial charge in [0, 0.05) is 23.9 Å². The molecule has 0 saturated heterocycles. The van der Waals surface area contributed by atoms with Gasteiger partial charge in [0.1, 0.15) is 0 Å². The summed E-state index contributed by atoms with van der Waals surface area (Å²) in [6, 6.07) is 8.90. The molecule has 1 aromatic heterocycles. The van der Waals surface area contributed by atoms with Gasteiger partial charge >= 0.3 is 0 Å². The Balaban J connectivity index is 2.29. The Labute approximate surface area is 118 Å². The Morgan fingerprint density at radius 3 is 2.30 bits per heavy atom. The van der Waals surface area contributed by atoms with Crippen molar-refractivity contribution in [2.24, 2.45) is 0 Å². The molecule has 0 N–H and O–H groups in total. The van der Waals surface area contributed by atoms with Crippen LogP contribution in [0.3, 0.4) is 0 Å². The topological polar surface area (TPSA) is 48.4 Å². The van der Waals surface area contributed by atoms with Crippen LogP contribution < -0.4 is 9.47 Å². The molecule has 20 heavy (non-hydrogen) atoms. The Hall–Kier alpha value is -2.36. The third-order valence-electron chi connectivity index (χ3n) is 3.27. The first-order valence-corrected chi connectivity index (χ1v) is 6.33. The van der Waals surface area contributed by atoms with Gasteiger partial charge in [0.2, 0.25) is 0 Å². The molecule has 0 bridgehead atoms. The molecule has 0 fully saturated rings. The zero-order chi connectivity index (χ0) is 14.5. The first-order chi connectivity index (χ1) is 9.67. The Morgan fingerprint density at radius 2 is 1.70 bits per heavy atom. The summed E-state index contributed by atoms with van der Waals surface area (Å²) in [7, 11) is 3.12. The fraction of sp³-hybridized carbons (Fsp3) is 0.250. The minimum atomic E-state index is -0.226. The molecule has 1 heterocycles. The quantitative estimate of drug-likeness (QED) is 0.784. The van der Waals surface area contributed by atoms with Crippen molar-refractivity contribution < 1.29 is 14.3 Å². The maximum Gasteiger partial charge on any atom is 0.170 e. The van der Waals surface area contributed by atoms with Crippen molar-refractivity contribution in [3.05, 3.63) is 53.9 Å². The predicted octanol–water partition coefficient (Wildman–Crippen LogP) is 3.09.